The SMILES string of the molecule is CCc1ccc(/C=C/c2noc(Cn3nccc(Cl)c3=O)n2)cc1. The highest BCUT2D eigenvalue weighted by Gasteiger charge is 2.08. The second-order valence-corrected chi connectivity index (χ2v) is 5.52. The molecule has 0 aliphatic carbocycles. The van der Waals surface area contributed by atoms with E-state index < -0.39 is 5.56 Å². The molecule has 2 aromatic heterocycles. The fourth-order valence-corrected chi connectivity index (χ4v) is 2.26. The molecule has 0 aliphatic rings. The van der Waals surface area contributed by atoms with Crippen LogP contribution in [0.2, 0.25) is 5.02 Å². The molecule has 2 heterocycles. The van der Waals surface area contributed by atoms with Gasteiger partial charge < -0.3 is 4.52 Å². The standard InChI is InChI=1S/C17H15ClN4O2/c1-2-12-3-5-13(6-4-12)7-8-15-20-16(24-21-15)11-22-17(23)14(18)9-10-19-22/h3-10H,2,11H2,1H3/b8-7+. The molecule has 0 fully saturated rings. The molecular weight excluding hydrogens is 328 g/mol. The predicted octanol–water partition coefficient (Wildman–Crippen LogP) is 3.06. The van der Waals surface area contributed by atoms with E-state index in [1.807, 2.05) is 18.2 Å². The van der Waals surface area contributed by atoms with Crippen LogP contribution in [0.5, 0.6) is 0 Å². The Morgan fingerprint density at radius 1 is 1.21 bits per heavy atom. The summed E-state index contributed by atoms with van der Waals surface area (Å²) >= 11 is 5.77. The maximum Gasteiger partial charge on any atom is 0.285 e. The first-order valence-corrected chi connectivity index (χ1v) is 7.84. The lowest BCUT2D eigenvalue weighted by molar-refractivity contribution is 0.361. The van der Waals surface area contributed by atoms with Crippen molar-refractivity contribution in [3.8, 4) is 0 Å². The van der Waals surface area contributed by atoms with Crippen molar-refractivity contribution in [2.24, 2.45) is 0 Å². The van der Waals surface area contributed by atoms with Gasteiger partial charge in [0.1, 0.15) is 11.6 Å². The van der Waals surface area contributed by atoms with Crippen molar-refractivity contribution in [2.45, 2.75) is 19.9 Å². The highest BCUT2D eigenvalue weighted by molar-refractivity contribution is 6.30. The topological polar surface area (TPSA) is 73.8 Å². The molecule has 0 radical (unpaired) electrons. The number of benzene rings is 1. The lowest BCUT2D eigenvalue weighted by Gasteiger charge is -1.99. The van der Waals surface area contributed by atoms with Crippen LogP contribution >= 0.6 is 11.6 Å². The third-order valence-corrected chi connectivity index (χ3v) is 3.73. The Labute approximate surface area is 143 Å². The highest BCUT2D eigenvalue weighted by atomic mass is 35.5. The first kappa shape index (κ1) is 16.1. The number of aromatic nitrogens is 4. The molecule has 0 amide bonds. The van der Waals surface area contributed by atoms with Crippen molar-refractivity contribution in [1.82, 2.24) is 19.9 Å². The maximum absolute atomic E-state index is 11.8. The van der Waals surface area contributed by atoms with Gasteiger partial charge in [0.05, 0.1) is 0 Å². The number of aryl methyl sites for hydroxylation is 1. The van der Waals surface area contributed by atoms with Crippen molar-refractivity contribution < 1.29 is 4.52 Å². The van der Waals surface area contributed by atoms with Crippen molar-refractivity contribution in [2.75, 3.05) is 0 Å². The molecular formula is C17H15ClN4O2. The van der Waals surface area contributed by atoms with E-state index in [1.165, 1.54) is 22.5 Å². The Bertz CT molecular complexity index is 913. The Kier molecular flexibility index (Phi) is 4.86. The zero-order valence-corrected chi connectivity index (χ0v) is 13.8. The van der Waals surface area contributed by atoms with Crippen molar-refractivity contribution in [1.29, 1.82) is 0 Å². The van der Waals surface area contributed by atoms with Gasteiger partial charge in [-0.15, -0.1) is 0 Å². The van der Waals surface area contributed by atoms with E-state index in [0.717, 1.165) is 12.0 Å². The molecule has 7 heteroatoms. The summed E-state index contributed by atoms with van der Waals surface area (Å²) in [5.41, 5.74) is 1.94. The molecule has 3 rings (SSSR count). The minimum Gasteiger partial charge on any atom is -0.337 e. The highest BCUT2D eigenvalue weighted by Crippen LogP contribution is 2.09. The van der Waals surface area contributed by atoms with Gasteiger partial charge in [0.15, 0.2) is 5.82 Å². The molecule has 122 valence electrons. The zero-order chi connectivity index (χ0) is 16.9. The van der Waals surface area contributed by atoms with Crippen LogP contribution in [-0.2, 0) is 13.0 Å². The van der Waals surface area contributed by atoms with E-state index in [0.29, 0.717) is 5.82 Å². The first-order valence-electron chi connectivity index (χ1n) is 7.47. The molecule has 24 heavy (non-hydrogen) atoms. The van der Waals surface area contributed by atoms with E-state index in [2.05, 4.69) is 34.3 Å². The summed E-state index contributed by atoms with van der Waals surface area (Å²) in [4.78, 5) is 16.0. The van der Waals surface area contributed by atoms with E-state index >= 15 is 0 Å². The van der Waals surface area contributed by atoms with Crippen LogP contribution < -0.4 is 5.56 Å². The molecule has 0 spiro atoms. The molecule has 1 aromatic carbocycles. The fourth-order valence-electron chi connectivity index (χ4n) is 2.10. The van der Waals surface area contributed by atoms with E-state index in [4.69, 9.17) is 16.1 Å². The lowest BCUT2D eigenvalue weighted by Crippen LogP contribution is -2.23. The molecule has 6 nitrogen and oxygen atoms in total. The van der Waals surface area contributed by atoms with Gasteiger partial charge in [-0.05, 0) is 29.7 Å². The van der Waals surface area contributed by atoms with Crippen molar-refractivity contribution in [3.63, 3.8) is 0 Å². The Hall–Kier alpha value is -2.73. The predicted molar refractivity (Wildman–Crippen MR) is 91.7 cm³/mol. The van der Waals surface area contributed by atoms with E-state index in [-0.39, 0.29) is 17.5 Å². The van der Waals surface area contributed by atoms with Gasteiger partial charge in [-0.2, -0.15) is 10.1 Å². The molecule has 0 saturated carbocycles. The van der Waals surface area contributed by atoms with Crippen molar-refractivity contribution in [3.05, 3.63) is 74.7 Å². The smallest absolute Gasteiger partial charge is 0.285 e. The number of hydrogen-bond donors (Lipinski definition) is 0. The lowest BCUT2D eigenvalue weighted by atomic mass is 10.1. The number of rotatable bonds is 5. The van der Waals surface area contributed by atoms with Crippen LogP contribution in [0.25, 0.3) is 12.2 Å². The van der Waals surface area contributed by atoms with Crippen LogP contribution in [0, 0.1) is 0 Å². The van der Waals surface area contributed by atoms with Gasteiger partial charge in [-0.25, -0.2) is 4.68 Å². The maximum atomic E-state index is 11.8. The normalized spacial score (nSPS) is 11.2. The van der Waals surface area contributed by atoms with Gasteiger partial charge >= 0.3 is 0 Å². The molecule has 0 unspecified atom stereocenters. The van der Waals surface area contributed by atoms with Gasteiger partial charge in [0.2, 0.25) is 5.89 Å². The van der Waals surface area contributed by atoms with Gasteiger partial charge in [-0.3, -0.25) is 4.79 Å². The summed E-state index contributed by atoms with van der Waals surface area (Å²) < 4.78 is 6.31. The minimum atomic E-state index is -0.398. The van der Waals surface area contributed by atoms with Crippen LogP contribution in [0.1, 0.15) is 29.8 Å². The molecule has 0 atom stereocenters. The summed E-state index contributed by atoms with van der Waals surface area (Å²) in [5.74, 6) is 0.715. The third kappa shape index (κ3) is 3.78. The number of halogens is 1. The van der Waals surface area contributed by atoms with Crippen LogP contribution in [0.4, 0.5) is 0 Å². The van der Waals surface area contributed by atoms with Crippen LogP contribution in [0.3, 0.4) is 0 Å². The minimum absolute atomic E-state index is 0.0748. The zero-order valence-electron chi connectivity index (χ0n) is 13.0. The van der Waals surface area contributed by atoms with Gasteiger partial charge in [0, 0.05) is 6.20 Å². The summed E-state index contributed by atoms with van der Waals surface area (Å²) in [7, 11) is 0. The molecule has 0 N–H and O–H groups in total. The monoisotopic (exact) mass is 342 g/mol. The second kappa shape index (κ2) is 7.23. The molecule has 0 aliphatic heterocycles. The largest absolute Gasteiger partial charge is 0.337 e. The summed E-state index contributed by atoms with van der Waals surface area (Å²) in [6.07, 6.45) is 6.11. The second-order valence-electron chi connectivity index (χ2n) is 5.12. The van der Waals surface area contributed by atoms with E-state index in [9.17, 15) is 4.79 Å². The average molecular weight is 343 g/mol. The van der Waals surface area contributed by atoms with Gasteiger partial charge in [-0.1, -0.05) is 54.0 Å². The van der Waals surface area contributed by atoms with Crippen LogP contribution in [-0.4, -0.2) is 19.9 Å². The fraction of sp³-hybridized carbons (Fsp3) is 0.176. The Morgan fingerprint density at radius 3 is 2.75 bits per heavy atom. The Morgan fingerprint density at radius 2 is 2.00 bits per heavy atom. The van der Waals surface area contributed by atoms with E-state index in [1.54, 1.807) is 6.08 Å². The average Bonchev–Trinajstić information content (AvgIpc) is 3.05. The van der Waals surface area contributed by atoms with Gasteiger partial charge in [0.25, 0.3) is 5.56 Å². The van der Waals surface area contributed by atoms with Crippen LogP contribution in [0.15, 0.2) is 45.8 Å². The summed E-state index contributed by atoms with van der Waals surface area (Å²) in [6, 6.07) is 9.67. The third-order valence-electron chi connectivity index (χ3n) is 3.45. The summed E-state index contributed by atoms with van der Waals surface area (Å²) in [5, 5.41) is 7.89. The molecule has 0 saturated heterocycles. The number of nitrogens with zero attached hydrogens (tertiary/aromatic N) is 4. The quantitative estimate of drug-likeness (QED) is 0.712. The summed E-state index contributed by atoms with van der Waals surface area (Å²) in [6.45, 7) is 2.19. The number of hydrogen-bond acceptors (Lipinski definition) is 5. The molecule has 0 bridgehead atoms. The Balaban J connectivity index is 1.72. The molecule has 3 aromatic rings. The van der Waals surface area contributed by atoms with Crippen molar-refractivity contribution >= 4 is 23.8 Å². The first-order chi connectivity index (χ1) is 11.7.